The number of nitrogens with zero attached hydrogens (tertiary/aromatic N) is 2. The molecule has 0 radical (unpaired) electrons. The number of aliphatic imine (C=N–C) groups is 2. The molecular formula is C13H20ClN5. The molecule has 5 nitrogen and oxygen atoms in total. The van der Waals surface area contributed by atoms with E-state index in [0.717, 1.165) is 24.9 Å². The molecule has 1 rings (SSSR count). The van der Waals surface area contributed by atoms with E-state index < -0.39 is 0 Å². The Bertz CT molecular complexity index is 452. The van der Waals surface area contributed by atoms with Crippen molar-refractivity contribution < 1.29 is 0 Å². The number of hydrogen-bond donors (Lipinski definition) is 3. The summed E-state index contributed by atoms with van der Waals surface area (Å²) in [7, 11) is 0. The van der Waals surface area contributed by atoms with Gasteiger partial charge in [0.1, 0.15) is 0 Å². The second-order valence-corrected chi connectivity index (χ2v) is 4.46. The standard InChI is InChI=1S/C13H20ClN5/c1-2-3-8-17-13(19-12(15)16)18-9-10-6-4-5-7-11(10)14/h4-7H,2-3,8-9H2,1H3,(H5,15,16,17,18,19). The molecule has 0 aliphatic heterocycles. The zero-order valence-corrected chi connectivity index (χ0v) is 11.8. The van der Waals surface area contributed by atoms with Gasteiger partial charge in [-0.1, -0.05) is 43.1 Å². The fourth-order valence-corrected chi connectivity index (χ4v) is 1.61. The molecule has 0 bridgehead atoms. The lowest BCUT2D eigenvalue weighted by molar-refractivity contribution is 0.748. The third-order valence-electron chi connectivity index (χ3n) is 2.41. The Morgan fingerprint density at radius 1 is 1.32 bits per heavy atom. The summed E-state index contributed by atoms with van der Waals surface area (Å²) < 4.78 is 0. The maximum atomic E-state index is 6.07. The van der Waals surface area contributed by atoms with Crippen LogP contribution in [0, 0.1) is 0 Å². The van der Waals surface area contributed by atoms with Crippen LogP contribution in [0.1, 0.15) is 25.3 Å². The van der Waals surface area contributed by atoms with E-state index in [1.54, 1.807) is 0 Å². The molecule has 1 aromatic rings. The van der Waals surface area contributed by atoms with Crippen LogP contribution in [0.2, 0.25) is 5.02 Å². The molecule has 0 saturated heterocycles. The number of rotatable bonds is 5. The van der Waals surface area contributed by atoms with Gasteiger partial charge in [-0.2, -0.15) is 4.99 Å². The van der Waals surface area contributed by atoms with E-state index in [4.69, 9.17) is 23.1 Å². The molecule has 0 saturated carbocycles. The average molecular weight is 282 g/mol. The minimum Gasteiger partial charge on any atom is -0.370 e. The van der Waals surface area contributed by atoms with Crippen LogP contribution in [0.5, 0.6) is 0 Å². The fourth-order valence-electron chi connectivity index (χ4n) is 1.42. The highest BCUT2D eigenvalue weighted by atomic mass is 35.5. The topological polar surface area (TPSA) is 88.8 Å². The van der Waals surface area contributed by atoms with Crippen LogP contribution < -0.4 is 16.8 Å². The van der Waals surface area contributed by atoms with Gasteiger partial charge in [-0.15, -0.1) is 0 Å². The van der Waals surface area contributed by atoms with Gasteiger partial charge < -0.3 is 16.8 Å². The van der Waals surface area contributed by atoms with Crippen LogP contribution in [0.25, 0.3) is 0 Å². The third kappa shape index (κ3) is 6.10. The molecule has 0 unspecified atom stereocenters. The number of nitrogens with one attached hydrogen (secondary N) is 1. The maximum absolute atomic E-state index is 6.07. The van der Waals surface area contributed by atoms with Crippen LogP contribution >= 0.6 is 11.6 Å². The van der Waals surface area contributed by atoms with Crippen molar-refractivity contribution in [3.8, 4) is 0 Å². The van der Waals surface area contributed by atoms with Crippen molar-refractivity contribution in [1.29, 1.82) is 0 Å². The lowest BCUT2D eigenvalue weighted by Gasteiger charge is -2.06. The Labute approximate surface area is 118 Å². The monoisotopic (exact) mass is 281 g/mol. The normalized spacial score (nSPS) is 11.2. The summed E-state index contributed by atoms with van der Waals surface area (Å²) >= 11 is 6.07. The summed E-state index contributed by atoms with van der Waals surface area (Å²) in [6.07, 6.45) is 2.12. The lowest BCUT2D eigenvalue weighted by atomic mass is 10.2. The number of hydrogen-bond acceptors (Lipinski definition) is 1. The van der Waals surface area contributed by atoms with E-state index in [-0.39, 0.29) is 5.96 Å². The molecule has 0 spiro atoms. The molecule has 104 valence electrons. The fraction of sp³-hybridized carbons (Fsp3) is 0.385. The Balaban J connectivity index is 2.71. The van der Waals surface area contributed by atoms with Crippen molar-refractivity contribution in [2.24, 2.45) is 21.5 Å². The van der Waals surface area contributed by atoms with E-state index in [0.29, 0.717) is 17.5 Å². The minimum absolute atomic E-state index is 0.0121. The van der Waals surface area contributed by atoms with E-state index in [1.807, 2.05) is 24.3 Å². The van der Waals surface area contributed by atoms with E-state index in [2.05, 4.69) is 22.2 Å². The molecule has 0 fully saturated rings. The smallest absolute Gasteiger partial charge is 0.221 e. The summed E-state index contributed by atoms with van der Waals surface area (Å²) in [5, 5.41) is 3.79. The van der Waals surface area contributed by atoms with Crippen molar-refractivity contribution in [3.05, 3.63) is 34.9 Å². The summed E-state index contributed by atoms with van der Waals surface area (Å²) in [6, 6.07) is 7.55. The number of halogens is 1. The van der Waals surface area contributed by atoms with Gasteiger partial charge in [-0.3, -0.25) is 0 Å². The molecule has 0 aliphatic carbocycles. The van der Waals surface area contributed by atoms with Crippen LogP contribution in [0.3, 0.4) is 0 Å². The van der Waals surface area contributed by atoms with Crippen LogP contribution in [-0.2, 0) is 6.54 Å². The lowest BCUT2D eigenvalue weighted by Crippen LogP contribution is -2.30. The molecular weight excluding hydrogens is 262 g/mol. The molecule has 6 heteroatoms. The predicted molar refractivity (Wildman–Crippen MR) is 81.3 cm³/mol. The highest BCUT2D eigenvalue weighted by molar-refractivity contribution is 6.31. The quantitative estimate of drug-likeness (QED) is 0.437. The van der Waals surface area contributed by atoms with E-state index >= 15 is 0 Å². The first-order valence-corrected chi connectivity index (χ1v) is 6.62. The zero-order valence-electron chi connectivity index (χ0n) is 11.1. The van der Waals surface area contributed by atoms with Gasteiger partial charge in [0.05, 0.1) is 6.54 Å². The molecule has 0 aromatic heterocycles. The van der Waals surface area contributed by atoms with Gasteiger partial charge in [-0.05, 0) is 18.1 Å². The molecule has 0 heterocycles. The van der Waals surface area contributed by atoms with Gasteiger partial charge >= 0.3 is 0 Å². The molecule has 19 heavy (non-hydrogen) atoms. The molecule has 0 aliphatic rings. The van der Waals surface area contributed by atoms with Crippen molar-refractivity contribution in [3.63, 3.8) is 0 Å². The highest BCUT2D eigenvalue weighted by Gasteiger charge is 2.00. The second-order valence-electron chi connectivity index (χ2n) is 4.05. The van der Waals surface area contributed by atoms with Gasteiger partial charge in [0.25, 0.3) is 0 Å². The first-order valence-electron chi connectivity index (χ1n) is 6.24. The molecule has 0 amide bonds. The van der Waals surface area contributed by atoms with Crippen molar-refractivity contribution in [1.82, 2.24) is 5.32 Å². The van der Waals surface area contributed by atoms with Crippen LogP contribution in [0.15, 0.2) is 34.3 Å². The SMILES string of the molecule is CCCCNC(N=C(N)N)=NCc1ccccc1Cl. The summed E-state index contributed by atoms with van der Waals surface area (Å²) in [5.74, 6) is 0.426. The van der Waals surface area contributed by atoms with Crippen LogP contribution in [0.4, 0.5) is 0 Å². The van der Waals surface area contributed by atoms with Crippen molar-refractivity contribution in [2.45, 2.75) is 26.3 Å². The van der Waals surface area contributed by atoms with Gasteiger partial charge in [0.2, 0.25) is 5.96 Å². The maximum Gasteiger partial charge on any atom is 0.221 e. The number of nitrogens with two attached hydrogens (primary N) is 2. The second kappa shape index (κ2) is 8.37. The van der Waals surface area contributed by atoms with Crippen LogP contribution in [-0.4, -0.2) is 18.5 Å². The molecule has 0 atom stereocenters. The Morgan fingerprint density at radius 3 is 2.68 bits per heavy atom. The first-order chi connectivity index (χ1) is 9.13. The Morgan fingerprint density at radius 2 is 2.05 bits per heavy atom. The zero-order chi connectivity index (χ0) is 14.1. The molecule has 5 N–H and O–H groups in total. The summed E-state index contributed by atoms with van der Waals surface area (Å²) in [6.45, 7) is 3.34. The van der Waals surface area contributed by atoms with Gasteiger partial charge in [0.15, 0.2) is 5.96 Å². The van der Waals surface area contributed by atoms with E-state index in [1.165, 1.54) is 0 Å². The van der Waals surface area contributed by atoms with Gasteiger partial charge in [0, 0.05) is 11.6 Å². The number of unbranched alkanes of at least 4 members (excludes halogenated alkanes) is 1. The predicted octanol–water partition coefficient (Wildman–Crippen LogP) is 1.86. The minimum atomic E-state index is -0.0121. The van der Waals surface area contributed by atoms with Crippen molar-refractivity contribution >= 4 is 23.5 Å². The van der Waals surface area contributed by atoms with Gasteiger partial charge in [-0.25, -0.2) is 4.99 Å². The summed E-state index contributed by atoms with van der Waals surface area (Å²) in [5.41, 5.74) is 11.7. The summed E-state index contributed by atoms with van der Waals surface area (Å²) in [4.78, 5) is 8.30. The number of guanidine groups is 2. The highest BCUT2D eigenvalue weighted by Crippen LogP contribution is 2.15. The van der Waals surface area contributed by atoms with E-state index in [9.17, 15) is 0 Å². The Hall–Kier alpha value is -1.75. The molecule has 1 aromatic carbocycles. The first kappa shape index (κ1) is 15.3. The van der Waals surface area contributed by atoms with Crippen molar-refractivity contribution in [2.75, 3.05) is 6.54 Å². The third-order valence-corrected chi connectivity index (χ3v) is 2.77. The largest absolute Gasteiger partial charge is 0.370 e. The average Bonchev–Trinajstić information content (AvgIpc) is 2.37. The Kier molecular flexibility index (Phi) is 6.74. The number of benzene rings is 1.